The Kier molecular flexibility index (Phi) is 2.34. The van der Waals surface area contributed by atoms with Crippen LogP contribution in [0.1, 0.15) is 50.0 Å². The minimum Gasteiger partial charge on any atom is -0.300 e. The Bertz CT molecular complexity index is 375. The highest BCUT2D eigenvalue weighted by Crippen LogP contribution is 2.52. The lowest BCUT2D eigenvalue weighted by Gasteiger charge is -2.45. The summed E-state index contributed by atoms with van der Waals surface area (Å²) in [5, 5.41) is 0. The Morgan fingerprint density at radius 2 is 1.62 bits per heavy atom. The second-order valence-corrected chi connectivity index (χ2v) is 5.58. The van der Waals surface area contributed by atoms with Gasteiger partial charge in [0.15, 0.2) is 0 Å². The van der Waals surface area contributed by atoms with Crippen molar-refractivity contribution in [3.8, 4) is 0 Å². The molecule has 2 saturated carbocycles. The van der Waals surface area contributed by atoms with Gasteiger partial charge in [-0.3, -0.25) is 4.79 Å². The van der Waals surface area contributed by atoms with Gasteiger partial charge in [0.1, 0.15) is 5.78 Å². The molecule has 16 heavy (non-hydrogen) atoms. The molecule has 0 amide bonds. The lowest BCUT2D eigenvalue weighted by molar-refractivity contribution is -0.134. The summed E-state index contributed by atoms with van der Waals surface area (Å²) in [4.78, 5) is 11.1. The van der Waals surface area contributed by atoms with Crippen molar-refractivity contribution in [3.05, 3.63) is 35.9 Å². The lowest BCUT2D eigenvalue weighted by atomic mass is 9.58. The molecule has 1 aromatic carbocycles. The predicted molar refractivity (Wildman–Crippen MR) is 64.3 cm³/mol. The van der Waals surface area contributed by atoms with E-state index in [1.165, 1.54) is 31.2 Å². The topological polar surface area (TPSA) is 17.1 Å². The largest absolute Gasteiger partial charge is 0.300 e. The molecule has 0 N–H and O–H groups in total. The number of rotatable bonds is 1. The third kappa shape index (κ3) is 1.68. The molecule has 0 unspecified atom stereocenters. The summed E-state index contributed by atoms with van der Waals surface area (Å²) >= 11 is 0. The van der Waals surface area contributed by atoms with Crippen molar-refractivity contribution in [3.63, 3.8) is 0 Å². The van der Waals surface area contributed by atoms with E-state index in [0.29, 0.717) is 11.2 Å². The predicted octanol–water partition coefficient (Wildman–Crippen LogP) is 3.69. The van der Waals surface area contributed by atoms with Crippen molar-refractivity contribution in [1.82, 2.24) is 0 Å². The molecule has 1 aromatic rings. The van der Waals surface area contributed by atoms with Crippen LogP contribution in [-0.2, 0) is 4.79 Å². The molecule has 0 aliphatic heterocycles. The maximum absolute atomic E-state index is 11.1. The third-order valence-electron chi connectivity index (χ3n) is 4.46. The standard InChI is InChI=1S/C15H18O/c16-14-10-15(11-14)8-6-13(7-9-15)12-4-2-1-3-5-12/h1-5,13H,6-11H2. The van der Waals surface area contributed by atoms with Gasteiger partial charge in [0, 0.05) is 12.8 Å². The number of hydrogen-bond donors (Lipinski definition) is 0. The number of carbonyl (C=O) groups excluding carboxylic acids is 1. The Hall–Kier alpha value is -1.11. The van der Waals surface area contributed by atoms with Gasteiger partial charge in [-0.1, -0.05) is 30.3 Å². The summed E-state index contributed by atoms with van der Waals surface area (Å²) in [5.41, 5.74) is 1.92. The summed E-state index contributed by atoms with van der Waals surface area (Å²) in [5.74, 6) is 1.22. The molecule has 0 saturated heterocycles. The Morgan fingerprint density at radius 3 is 2.19 bits per heavy atom. The third-order valence-corrected chi connectivity index (χ3v) is 4.46. The van der Waals surface area contributed by atoms with Gasteiger partial charge in [0.05, 0.1) is 0 Å². The van der Waals surface area contributed by atoms with E-state index in [1.54, 1.807) is 0 Å². The minimum absolute atomic E-state index is 0.433. The van der Waals surface area contributed by atoms with Gasteiger partial charge in [-0.2, -0.15) is 0 Å². The number of Topliss-reactive ketones (excluding diaryl/α,β-unsaturated/α-hetero) is 1. The first-order chi connectivity index (χ1) is 7.77. The Morgan fingerprint density at radius 1 is 1.00 bits per heavy atom. The van der Waals surface area contributed by atoms with E-state index in [1.807, 2.05) is 0 Å². The van der Waals surface area contributed by atoms with Crippen LogP contribution in [0.3, 0.4) is 0 Å². The fourth-order valence-corrected chi connectivity index (χ4v) is 3.43. The highest BCUT2D eigenvalue weighted by molar-refractivity contribution is 5.86. The van der Waals surface area contributed by atoms with Crippen molar-refractivity contribution in [1.29, 1.82) is 0 Å². The van der Waals surface area contributed by atoms with E-state index in [9.17, 15) is 4.79 Å². The van der Waals surface area contributed by atoms with Crippen LogP contribution in [0.5, 0.6) is 0 Å². The van der Waals surface area contributed by atoms with Crippen LogP contribution < -0.4 is 0 Å². The number of benzene rings is 1. The lowest BCUT2D eigenvalue weighted by Crippen LogP contribution is -2.40. The molecular formula is C15H18O. The molecule has 1 heteroatoms. The molecule has 2 aliphatic rings. The van der Waals surface area contributed by atoms with Gasteiger partial charge in [-0.15, -0.1) is 0 Å². The van der Waals surface area contributed by atoms with Crippen LogP contribution >= 0.6 is 0 Å². The molecule has 3 rings (SSSR count). The average molecular weight is 214 g/mol. The zero-order chi connectivity index (χ0) is 11.0. The number of carbonyl (C=O) groups is 1. The summed E-state index contributed by atoms with van der Waals surface area (Å²) in [6.07, 6.45) is 6.81. The maximum atomic E-state index is 11.1. The van der Waals surface area contributed by atoms with E-state index >= 15 is 0 Å². The van der Waals surface area contributed by atoms with Gasteiger partial charge in [-0.25, -0.2) is 0 Å². The fraction of sp³-hybridized carbons (Fsp3) is 0.533. The maximum Gasteiger partial charge on any atom is 0.134 e. The molecular weight excluding hydrogens is 196 g/mol. The van der Waals surface area contributed by atoms with E-state index in [0.717, 1.165) is 18.8 Å². The van der Waals surface area contributed by atoms with Crippen LogP contribution in [0.15, 0.2) is 30.3 Å². The van der Waals surface area contributed by atoms with Gasteiger partial charge in [-0.05, 0) is 42.6 Å². The first-order valence-corrected chi connectivity index (χ1v) is 6.34. The zero-order valence-electron chi connectivity index (χ0n) is 9.61. The van der Waals surface area contributed by atoms with Crippen molar-refractivity contribution in [2.75, 3.05) is 0 Å². The zero-order valence-corrected chi connectivity index (χ0v) is 9.61. The highest BCUT2D eigenvalue weighted by atomic mass is 16.1. The van der Waals surface area contributed by atoms with Gasteiger partial charge >= 0.3 is 0 Å². The van der Waals surface area contributed by atoms with Crippen LogP contribution in [0.25, 0.3) is 0 Å². The molecule has 0 bridgehead atoms. The number of hydrogen-bond acceptors (Lipinski definition) is 1. The van der Waals surface area contributed by atoms with E-state index in [4.69, 9.17) is 0 Å². The van der Waals surface area contributed by atoms with Crippen LogP contribution in [0.4, 0.5) is 0 Å². The van der Waals surface area contributed by atoms with Crippen LogP contribution in [-0.4, -0.2) is 5.78 Å². The first-order valence-electron chi connectivity index (χ1n) is 6.34. The summed E-state index contributed by atoms with van der Waals surface area (Å²) in [7, 11) is 0. The molecule has 0 radical (unpaired) electrons. The quantitative estimate of drug-likeness (QED) is 0.696. The van der Waals surface area contributed by atoms with E-state index in [-0.39, 0.29) is 0 Å². The second kappa shape index (κ2) is 3.73. The smallest absolute Gasteiger partial charge is 0.134 e. The van der Waals surface area contributed by atoms with Crippen LogP contribution in [0.2, 0.25) is 0 Å². The SMILES string of the molecule is O=C1CC2(CCC(c3ccccc3)CC2)C1. The van der Waals surface area contributed by atoms with Crippen molar-refractivity contribution < 1.29 is 4.79 Å². The van der Waals surface area contributed by atoms with Crippen molar-refractivity contribution in [2.45, 2.75) is 44.4 Å². The molecule has 84 valence electrons. The second-order valence-electron chi connectivity index (χ2n) is 5.58. The van der Waals surface area contributed by atoms with Gasteiger partial charge in [0.25, 0.3) is 0 Å². The van der Waals surface area contributed by atoms with E-state index in [2.05, 4.69) is 30.3 Å². The Labute approximate surface area is 96.9 Å². The molecule has 0 aromatic heterocycles. The highest BCUT2D eigenvalue weighted by Gasteiger charge is 2.45. The summed E-state index contributed by atoms with van der Waals surface area (Å²) in [6, 6.07) is 10.8. The Balaban J connectivity index is 1.65. The minimum atomic E-state index is 0.433. The number of ketones is 1. The molecule has 1 spiro atoms. The average Bonchev–Trinajstić information content (AvgIpc) is 2.29. The first kappa shape index (κ1) is 10.1. The normalized spacial score (nSPS) is 24.4. The molecule has 0 atom stereocenters. The summed E-state index contributed by atoms with van der Waals surface area (Å²) in [6.45, 7) is 0. The van der Waals surface area contributed by atoms with Crippen molar-refractivity contribution >= 4 is 5.78 Å². The molecule has 2 fully saturated rings. The van der Waals surface area contributed by atoms with E-state index < -0.39 is 0 Å². The van der Waals surface area contributed by atoms with Gasteiger partial charge < -0.3 is 0 Å². The molecule has 2 aliphatic carbocycles. The molecule has 1 nitrogen and oxygen atoms in total. The molecule has 0 heterocycles. The van der Waals surface area contributed by atoms with Gasteiger partial charge in [0.2, 0.25) is 0 Å². The van der Waals surface area contributed by atoms with Crippen molar-refractivity contribution in [2.24, 2.45) is 5.41 Å². The summed E-state index contributed by atoms with van der Waals surface area (Å²) < 4.78 is 0. The monoisotopic (exact) mass is 214 g/mol. The fourth-order valence-electron chi connectivity index (χ4n) is 3.43. The van der Waals surface area contributed by atoms with Crippen LogP contribution in [0, 0.1) is 5.41 Å².